The zero-order valence-electron chi connectivity index (χ0n) is 56.3. The van der Waals surface area contributed by atoms with E-state index >= 15 is 0 Å². The fourth-order valence-electron chi connectivity index (χ4n) is 15.0. The molecular formula is C78H105N3O2S6. The molecule has 7 heterocycles. The summed E-state index contributed by atoms with van der Waals surface area (Å²) >= 11 is 11.0. The van der Waals surface area contributed by atoms with Gasteiger partial charge in [0, 0.05) is 60.9 Å². The summed E-state index contributed by atoms with van der Waals surface area (Å²) in [7, 11) is 0. The molecule has 0 spiro atoms. The van der Waals surface area contributed by atoms with Gasteiger partial charge in [-0.2, -0.15) is 8.75 Å². The highest BCUT2D eigenvalue weighted by molar-refractivity contribution is 7.27. The van der Waals surface area contributed by atoms with E-state index in [2.05, 4.69) is 113 Å². The van der Waals surface area contributed by atoms with Crippen LogP contribution in [-0.4, -0.2) is 32.0 Å². The third-order valence-corrected chi connectivity index (χ3v) is 27.3. The Morgan fingerprint density at radius 1 is 0.404 bits per heavy atom. The molecule has 6 aromatic heterocycles. The number of carbonyl (C=O) groups is 2. The first kappa shape index (κ1) is 68.0. The van der Waals surface area contributed by atoms with E-state index in [-0.39, 0.29) is 11.8 Å². The van der Waals surface area contributed by atoms with Crippen LogP contribution in [0.3, 0.4) is 0 Å². The molecule has 0 N–H and O–H groups in total. The Hall–Kier alpha value is -3.84. The number of amides is 2. The lowest BCUT2D eigenvalue weighted by Gasteiger charge is -2.18. The molecule has 0 fully saturated rings. The number of thiophene rings is 5. The van der Waals surface area contributed by atoms with Gasteiger partial charge in [-0.1, -0.05) is 209 Å². The smallest absolute Gasteiger partial charge is 0.263 e. The summed E-state index contributed by atoms with van der Waals surface area (Å²) in [5, 5.41) is 5.76. The van der Waals surface area contributed by atoms with E-state index in [9.17, 15) is 9.59 Å². The summed E-state index contributed by atoms with van der Waals surface area (Å²) in [5.74, 6) is 2.66. The number of aromatic nitrogens is 2. The third-order valence-electron chi connectivity index (χ3n) is 20.7. The topological polar surface area (TPSA) is 63.2 Å². The normalized spacial score (nSPS) is 14.3. The minimum Gasteiger partial charge on any atom is -0.274 e. The largest absolute Gasteiger partial charge is 0.274 e. The van der Waals surface area contributed by atoms with Gasteiger partial charge >= 0.3 is 0 Å². The number of hydrogen-bond donors (Lipinski definition) is 0. The maximum absolute atomic E-state index is 14.6. The van der Waals surface area contributed by atoms with Crippen molar-refractivity contribution in [1.82, 2.24) is 13.6 Å². The van der Waals surface area contributed by atoms with E-state index in [0.717, 1.165) is 95.3 Å². The van der Waals surface area contributed by atoms with Crippen LogP contribution in [0.5, 0.6) is 0 Å². The van der Waals surface area contributed by atoms with Gasteiger partial charge in [0.1, 0.15) is 11.0 Å². The predicted octanol–water partition coefficient (Wildman–Crippen LogP) is 26.8. The Bertz CT molecular complexity index is 3670. The number of rotatable bonds is 38. The molecule has 0 aliphatic carbocycles. The van der Waals surface area contributed by atoms with Crippen molar-refractivity contribution in [2.45, 2.75) is 269 Å². The fourth-order valence-corrected chi connectivity index (χ4v) is 21.8. The highest BCUT2D eigenvalue weighted by atomic mass is 32.1. The highest BCUT2D eigenvalue weighted by Crippen LogP contribution is 2.53. The van der Waals surface area contributed by atoms with E-state index in [0.29, 0.717) is 29.5 Å². The molecule has 480 valence electrons. The van der Waals surface area contributed by atoms with Crippen LogP contribution >= 0.6 is 68.4 Å². The summed E-state index contributed by atoms with van der Waals surface area (Å²) in [4.78, 5) is 37.5. The van der Waals surface area contributed by atoms with E-state index in [1.807, 2.05) is 45.3 Å². The number of imide groups is 1. The molecule has 1 aliphatic heterocycles. The molecule has 0 bridgehead atoms. The molecule has 9 aromatic rings. The molecular weight excluding hydrogens is 1200 g/mol. The van der Waals surface area contributed by atoms with Gasteiger partial charge in [-0.15, -0.1) is 56.7 Å². The van der Waals surface area contributed by atoms with Crippen molar-refractivity contribution in [2.75, 3.05) is 6.54 Å². The molecule has 10 rings (SSSR count). The number of aryl methyl sites for hydroxylation is 6. The monoisotopic (exact) mass is 1310 g/mol. The fraction of sp³-hybridized carbons (Fsp3) is 0.590. The van der Waals surface area contributed by atoms with E-state index in [4.69, 9.17) is 8.75 Å². The first-order chi connectivity index (χ1) is 43.4. The molecule has 5 nitrogen and oxygen atoms in total. The second kappa shape index (κ2) is 32.3. The standard InChI is InChI=1S/C78H105N3O2S6/c1-12-21-26-27-28-29-44-81-77(82)68-50(11)85-76(69(68)78(81)83)67-48-64-58(41-37-54(20-9)33-25-16-5)74-63(57(75(64)88-67)40-36-53(19-8)32-24-15-4)47-66(87-74)60-43-42-59(70-71(60)80-89-79-70)65-46-62-56(39-35-52(18-7)31-23-14-3)72-61(45-49(10)84-72)55(73(62)86-65)38-34-51(17-6)30-22-13-2/h42-43,45-48,51-54H,12-41,44H2,1-11H3. The van der Waals surface area contributed by atoms with Crippen LogP contribution in [-0.2, 0) is 25.7 Å². The number of hydrogen-bond acceptors (Lipinski definition) is 10. The van der Waals surface area contributed by atoms with Crippen LogP contribution in [0, 0.1) is 37.5 Å². The van der Waals surface area contributed by atoms with Crippen molar-refractivity contribution in [3.05, 3.63) is 79.5 Å². The average Bonchev–Trinajstić information content (AvgIpc) is 1.60. The van der Waals surface area contributed by atoms with Crippen molar-refractivity contribution in [3.8, 4) is 30.6 Å². The minimum absolute atomic E-state index is 0.0907. The van der Waals surface area contributed by atoms with E-state index in [1.54, 1.807) is 27.4 Å². The zero-order chi connectivity index (χ0) is 62.7. The van der Waals surface area contributed by atoms with Crippen molar-refractivity contribution >= 4 is 132 Å². The van der Waals surface area contributed by atoms with Crippen LogP contribution in [0.1, 0.15) is 282 Å². The number of carbonyl (C=O) groups excluding carboxylic acids is 2. The second-order valence-corrected chi connectivity index (χ2v) is 33.0. The van der Waals surface area contributed by atoms with Crippen LogP contribution in [0.2, 0.25) is 0 Å². The van der Waals surface area contributed by atoms with Gasteiger partial charge in [0.05, 0.1) is 27.7 Å². The molecule has 89 heavy (non-hydrogen) atoms. The third kappa shape index (κ3) is 14.9. The highest BCUT2D eigenvalue weighted by Gasteiger charge is 2.41. The SMILES string of the molecule is CCCCCCCCN1C(=O)c2c(C)sc(-c3cc4c(CCC(CC)CCCC)c5sc(-c6ccc(-c7cc8c(CCC(CC)CCCC)c9sc(C)cc9c(CCC(CC)CCCC)c8s7)c7nsnc67)cc5c(CCC(CC)CCCC)c4s3)c2C1=O. The molecule has 0 saturated heterocycles. The van der Waals surface area contributed by atoms with E-state index < -0.39 is 0 Å². The molecule has 4 unspecified atom stereocenters. The Labute approximate surface area is 559 Å². The van der Waals surface area contributed by atoms with Crippen LogP contribution in [0.25, 0.3) is 82.0 Å². The van der Waals surface area contributed by atoms with Crippen molar-refractivity contribution < 1.29 is 9.59 Å². The molecule has 0 radical (unpaired) electrons. The lowest BCUT2D eigenvalue weighted by atomic mass is 9.88. The van der Waals surface area contributed by atoms with Gasteiger partial charge in [0.15, 0.2) is 0 Å². The Morgan fingerprint density at radius 3 is 1.20 bits per heavy atom. The molecule has 0 saturated carbocycles. The molecule has 2 amide bonds. The van der Waals surface area contributed by atoms with Gasteiger partial charge in [-0.3, -0.25) is 14.5 Å². The zero-order valence-corrected chi connectivity index (χ0v) is 61.2. The van der Waals surface area contributed by atoms with Crippen molar-refractivity contribution in [1.29, 1.82) is 0 Å². The lowest BCUT2D eigenvalue weighted by molar-refractivity contribution is 0.0651. The summed E-state index contributed by atoms with van der Waals surface area (Å²) in [6.45, 7) is 26.1. The van der Waals surface area contributed by atoms with Crippen LogP contribution < -0.4 is 0 Å². The number of fused-ring (bicyclic) bond motifs is 6. The van der Waals surface area contributed by atoms with Crippen molar-refractivity contribution in [2.24, 2.45) is 23.7 Å². The summed E-state index contributed by atoms with van der Waals surface area (Å²) < 4.78 is 16.3. The van der Waals surface area contributed by atoms with Crippen LogP contribution in [0.15, 0.2) is 36.4 Å². The van der Waals surface area contributed by atoms with E-state index in [1.165, 1.54) is 224 Å². The van der Waals surface area contributed by atoms with Crippen molar-refractivity contribution in [3.63, 3.8) is 0 Å². The summed E-state index contributed by atoms with van der Waals surface area (Å²) in [6.07, 6.45) is 36.0. The summed E-state index contributed by atoms with van der Waals surface area (Å²) in [6, 6.07) is 15.0. The lowest BCUT2D eigenvalue weighted by Crippen LogP contribution is -2.31. The van der Waals surface area contributed by atoms with Gasteiger partial charge in [0.25, 0.3) is 11.8 Å². The Kier molecular flexibility index (Phi) is 24.7. The Morgan fingerprint density at radius 2 is 0.775 bits per heavy atom. The van der Waals surface area contributed by atoms with Gasteiger partial charge < -0.3 is 0 Å². The molecule has 11 heteroatoms. The van der Waals surface area contributed by atoms with Gasteiger partial charge in [0.2, 0.25) is 0 Å². The number of benzene rings is 3. The maximum Gasteiger partial charge on any atom is 0.263 e. The molecule has 1 aliphatic rings. The predicted molar refractivity (Wildman–Crippen MR) is 398 cm³/mol. The first-order valence-electron chi connectivity index (χ1n) is 35.7. The second-order valence-electron chi connectivity index (χ2n) is 26.8. The summed E-state index contributed by atoms with van der Waals surface area (Å²) in [5.41, 5.74) is 11.8. The average molecular weight is 1310 g/mol. The van der Waals surface area contributed by atoms with Gasteiger partial charge in [-0.25, -0.2) is 0 Å². The number of nitrogens with zero attached hydrogens (tertiary/aromatic N) is 3. The number of unbranched alkanes of at least 4 members (excludes halogenated alkanes) is 9. The molecule has 3 aromatic carbocycles. The van der Waals surface area contributed by atoms with Gasteiger partial charge in [-0.05, 0) is 163 Å². The first-order valence-corrected chi connectivity index (χ1v) is 40.5. The quantitative estimate of drug-likeness (QED) is 0.0286. The maximum atomic E-state index is 14.6. The minimum atomic E-state index is -0.0916. The molecule has 4 atom stereocenters. The Balaban J connectivity index is 1.10. The van der Waals surface area contributed by atoms with Crippen LogP contribution in [0.4, 0.5) is 0 Å².